The fraction of sp³-hybridized carbons (Fsp3) is 0.318. The monoisotopic (exact) mass is 456 g/mol. The number of amides is 1. The molecule has 1 N–H and O–H groups in total. The molecule has 31 heavy (non-hydrogen) atoms. The molecule has 1 unspecified atom stereocenters. The van der Waals surface area contributed by atoms with Crippen molar-refractivity contribution < 1.29 is 13.2 Å². The van der Waals surface area contributed by atoms with Gasteiger partial charge in [0, 0.05) is 41.5 Å². The average molecular weight is 457 g/mol. The van der Waals surface area contributed by atoms with Gasteiger partial charge in [0.25, 0.3) is 5.91 Å². The molecule has 162 valence electrons. The number of aromatic nitrogens is 2. The van der Waals surface area contributed by atoms with E-state index in [4.69, 9.17) is 0 Å². The van der Waals surface area contributed by atoms with E-state index in [9.17, 15) is 13.2 Å². The molecule has 7 nitrogen and oxygen atoms in total. The number of nitrogens with zero attached hydrogens (tertiary/aromatic N) is 3. The summed E-state index contributed by atoms with van der Waals surface area (Å²) >= 11 is 1.47. The Bertz CT molecular complexity index is 1150. The van der Waals surface area contributed by atoms with Crippen LogP contribution in [-0.4, -0.2) is 41.2 Å². The summed E-state index contributed by atoms with van der Waals surface area (Å²) in [5, 5.41) is 5.58. The number of rotatable bonds is 6. The zero-order chi connectivity index (χ0) is 21.8. The molecule has 0 saturated carbocycles. The number of nitrogens with one attached hydrogen (secondary N) is 1. The lowest BCUT2D eigenvalue weighted by molar-refractivity contribution is 0.0950. The Labute approximate surface area is 186 Å². The largest absolute Gasteiger partial charge is 0.346 e. The zero-order valence-electron chi connectivity index (χ0n) is 17.2. The Morgan fingerprint density at radius 2 is 1.90 bits per heavy atom. The van der Waals surface area contributed by atoms with Gasteiger partial charge in [-0.1, -0.05) is 6.42 Å². The number of carbonyl (C=O) groups is 1. The molecule has 0 spiro atoms. The summed E-state index contributed by atoms with van der Waals surface area (Å²) in [7, 11) is -3.54. The average Bonchev–Trinajstić information content (AvgIpc) is 3.27. The van der Waals surface area contributed by atoms with Crippen LogP contribution in [0.25, 0.3) is 11.3 Å². The highest BCUT2D eigenvalue weighted by atomic mass is 32.2. The molecule has 1 atom stereocenters. The second-order valence-corrected chi connectivity index (χ2v) is 10.4. The van der Waals surface area contributed by atoms with Crippen LogP contribution in [0.15, 0.2) is 59.1 Å². The minimum atomic E-state index is -3.54. The highest BCUT2D eigenvalue weighted by molar-refractivity contribution is 7.89. The van der Waals surface area contributed by atoms with E-state index in [0.717, 1.165) is 35.5 Å². The van der Waals surface area contributed by atoms with Gasteiger partial charge in [-0.3, -0.25) is 9.78 Å². The number of hydrogen-bond donors (Lipinski definition) is 1. The van der Waals surface area contributed by atoms with Crippen molar-refractivity contribution in [2.45, 2.75) is 43.7 Å². The van der Waals surface area contributed by atoms with Crippen molar-refractivity contribution in [2.75, 3.05) is 6.54 Å². The molecular weight excluding hydrogens is 432 g/mol. The molecule has 1 aliphatic heterocycles. The van der Waals surface area contributed by atoms with E-state index < -0.39 is 10.0 Å². The van der Waals surface area contributed by atoms with Gasteiger partial charge in [-0.05, 0) is 56.2 Å². The normalized spacial score (nSPS) is 17.4. The number of thiazole rings is 1. The Morgan fingerprint density at radius 3 is 2.61 bits per heavy atom. The molecule has 3 aromatic rings. The molecular formula is C22H24N4O3S2. The summed E-state index contributed by atoms with van der Waals surface area (Å²) in [6, 6.07) is 9.90. The molecule has 0 radical (unpaired) electrons. The quantitative estimate of drug-likeness (QED) is 0.611. The van der Waals surface area contributed by atoms with Crippen molar-refractivity contribution in [1.29, 1.82) is 0 Å². The molecule has 0 aliphatic carbocycles. The van der Waals surface area contributed by atoms with Crippen LogP contribution in [0.2, 0.25) is 0 Å². The minimum Gasteiger partial charge on any atom is -0.346 e. The van der Waals surface area contributed by atoms with Gasteiger partial charge < -0.3 is 5.32 Å². The third-order valence-electron chi connectivity index (χ3n) is 5.39. The van der Waals surface area contributed by atoms with Crippen molar-refractivity contribution in [3.63, 3.8) is 0 Å². The molecule has 1 fully saturated rings. The molecule has 9 heteroatoms. The number of piperidine rings is 1. The van der Waals surface area contributed by atoms with Crippen LogP contribution in [0.5, 0.6) is 0 Å². The van der Waals surface area contributed by atoms with Gasteiger partial charge in [-0.25, -0.2) is 13.4 Å². The smallest absolute Gasteiger partial charge is 0.251 e. The maximum Gasteiger partial charge on any atom is 0.251 e. The van der Waals surface area contributed by atoms with E-state index in [1.165, 1.54) is 23.5 Å². The lowest BCUT2D eigenvalue weighted by atomic mass is 10.1. The third-order valence-corrected chi connectivity index (χ3v) is 8.27. The Hall–Kier alpha value is -2.62. The van der Waals surface area contributed by atoms with Crippen molar-refractivity contribution in [2.24, 2.45) is 0 Å². The first kappa shape index (κ1) is 21.6. The first-order valence-corrected chi connectivity index (χ1v) is 12.5. The summed E-state index contributed by atoms with van der Waals surface area (Å²) in [5.41, 5.74) is 2.23. The van der Waals surface area contributed by atoms with Gasteiger partial charge in [-0.2, -0.15) is 4.31 Å². The van der Waals surface area contributed by atoms with E-state index in [2.05, 4.69) is 15.3 Å². The molecule has 2 aromatic heterocycles. The predicted octanol–water partition coefficient (Wildman–Crippen LogP) is 3.70. The highest BCUT2D eigenvalue weighted by Gasteiger charge is 2.30. The maximum atomic E-state index is 12.9. The van der Waals surface area contributed by atoms with Crippen molar-refractivity contribution in [1.82, 2.24) is 19.6 Å². The number of sulfonamides is 1. The Balaban J connectivity index is 1.39. The molecule has 4 rings (SSSR count). The van der Waals surface area contributed by atoms with Crippen LogP contribution < -0.4 is 5.32 Å². The van der Waals surface area contributed by atoms with Crippen LogP contribution in [0, 0.1) is 0 Å². The minimum absolute atomic E-state index is 0.00272. The van der Waals surface area contributed by atoms with Crippen LogP contribution in [0.3, 0.4) is 0 Å². The zero-order valence-corrected chi connectivity index (χ0v) is 18.8. The van der Waals surface area contributed by atoms with Gasteiger partial charge in [0.1, 0.15) is 5.01 Å². The molecule has 1 aliphatic rings. The van der Waals surface area contributed by atoms with Crippen molar-refractivity contribution >= 4 is 27.3 Å². The standard InChI is InChI=1S/C22H24N4O3S2/c1-16-4-2-3-13-26(16)31(28,29)19-7-5-18(6-8-19)22(27)24-14-21-25-20(15-30-21)17-9-11-23-12-10-17/h5-12,15-16H,2-4,13-14H2,1H3,(H,24,27). The lowest BCUT2D eigenvalue weighted by Gasteiger charge is -2.32. The van der Waals surface area contributed by atoms with E-state index in [-0.39, 0.29) is 16.8 Å². The maximum absolute atomic E-state index is 12.9. The number of benzene rings is 1. The number of pyridine rings is 1. The fourth-order valence-corrected chi connectivity index (χ4v) is 6.09. The summed E-state index contributed by atoms with van der Waals surface area (Å²) in [6.07, 6.45) is 6.23. The van der Waals surface area contributed by atoms with Crippen LogP contribution in [0.1, 0.15) is 41.6 Å². The molecule has 1 saturated heterocycles. The van der Waals surface area contributed by atoms with Crippen molar-refractivity contribution in [3.05, 3.63) is 64.7 Å². The third kappa shape index (κ3) is 4.84. The number of carbonyl (C=O) groups excluding carboxylic acids is 1. The summed E-state index contributed by atoms with van der Waals surface area (Å²) in [6.45, 7) is 2.79. The molecule has 1 amide bonds. The van der Waals surface area contributed by atoms with Gasteiger partial charge in [0.2, 0.25) is 10.0 Å². The van der Waals surface area contributed by atoms with Crippen LogP contribution in [-0.2, 0) is 16.6 Å². The Morgan fingerprint density at radius 1 is 1.16 bits per heavy atom. The predicted molar refractivity (Wildman–Crippen MR) is 120 cm³/mol. The first-order valence-electron chi connectivity index (χ1n) is 10.2. The summed E-state index contributed by atoms with van der Waals surface area (Å²) in [5.74, 6) is -0.268. The fourth-order valence-electron chi connectivity index (χ4n) is 3.65. The van der Waals surface area contributed by atoms with Crippen LogP contribution in [0.4, 0.5) is 0 Å². The molecule has 3 heterocycles. The number of hydrogen-bond acceptors (Lipinski definition) is 6. The molecule has 0 bridgehead atoms. The van der Waals surface area contributed by atoms with E-state index >= 15 is 0 Å². The van der Waals surface area contributed by atoms with Gasteiger partial charge in [0.05, 0.1) is 17.1 Å². The van der Waals surface area contributed by atoms with E-state index in [0.29, 0.717) is 18.7 Å². The lowest BCUT2D eigenvalue weighted by Crippen LogP contribution is -2.41. The van der Waals surface area contributed by atoms with E-state index in [1.54, 1.807) is 28.8 Å². The summed E-state index contributed by atoms with van der Waals surface area (Å²) in [4.78, 5) is 21.3. The van der Waals surface area contributed by atoms with Gasteiger partial charge >= 0.3 is 0 Å². The SMILES string of the molecule is CC1CCCCN1S(=O)(=O)c1ccc(C(=O)NCc2nc(-c3ccncc3)cs2)cc1. The Kier molecular flexibility index (Phi) is 6.45. The van der Waals surface area contributed by atoms with Crippen LogP contribution >= 0.6 is 11.3 Å². The topological polar surface area (TPSA) is 92.3 Å². The first-order chi connectivity index (χ1) is 14.9. The van der Waals surface area contributed by atoms with Gasteiger partial charge in [0.15, 0.2) is 0 Å². The second kappa shape index (κ2) is 9.25. The highest BCUT2D eigenvalue weighted by Crippen LogP contribution is 2.25. The van der Waals surface area contributed by atoms with E-state index in [1.807, 2.05) is 24.4 Å². The second-order valence-electron chi connectivity index (χ2n) is 7.53. The summed E-state index contributed by atoms with van der Waals surface area (Å²) < 4.78 is 27.4. The molecule has 1 aromatic carbocycles. The van der Waals surface area contributed by atoms with Gasteiger partial charge in [-0.15, -0.1) is 11.3 Å². The van der Waals surface area contributed by atoms with Crippen molar-refractivity contribution in [3.8, 4) is 11.3 Å².